The summed E-state index contributed by atoms with van der Waals surface area (Å²) in [5.74, 6) is 1.59. The Bertz CT molecular complexity index is 457. The molecule has 6 heteroatoms. The van der Waals surface area contributed by atoms with Crippen LogP contribution in [-0.4, -0.2) is 49.6 Å². The molecule has 1 atom stereocenters. The van der Waals surface area contributed by atoms with Crippen molar-refractivity contribution in [2.75, 3.05) is 33.7 Å². The highest BCUT2D eigenvalue weighted by atomic mass is 32.1. The molecule has 1 aliphatic rings. The number of thiazole rings is 1. The van der Waals surface area contributed by atoms with Gasteiger partial charge in [-0.1, -0.05) is 6.92 Å². The standard InChI is InChI=1S/C15H27N5S/c1-4-13-9-17-14(21-13)10-19-15(16-2)18-8-12-6-5-7-20(3)11-12/h9,12H,4-8,10-11H2,1-3H3,(H2,16,18,19). The van der Waals surface area contributed by atoms with Crippen molar-refractivity contribution in [1.82, 2.24) is 20.5 Å². The average Bonchev–Trinajstić information content (AvgIpc) is 2.95. The first-order valence-corrected chi connectivity index (χ1v) is 8.59. The van der Waals surface area contributed by atoms with Gasteiger partial charge >= 0.3 is 0 Å². The Hall–Kier alpha value is -1.14. The molecule has 21 heavy (non-hydrogen) atoms. The zero-order chi connectivity index (χ0) is 15.1. The van der Waals surface area contributed by atoms with Crippen molar-refractivity contribution in [2.24, 2.45) is 10.9 Å². The fourth-order valence-corrected chi connectivity index (χ4v) is 3.46. The Balaban J connectivity index is 1.73. The fraction of sp³-hybridized carbons (Fsp3) is 0.733. The van der Waals surface area contributed by atoms with Crippen LogP contribution in [-0.2, 0) is 13.0 Å². The normalized spacial score (nSPS) is 20.5. The molecule has 0 radical (unpaired) electrons. The van der Waals surface area contributed by atoms with Crippen molar-refractivity contribution in [3.05, 3.63) is 16.1 Å². The number of guanidine groups is 1. The lowest BCUT2D eigenvalue weighted by Crippen LogP contribution is -2.43. The molecule has 0 aliphatic carbocycles. The van der Waals surface area contributed by atoms with E-state index in [1.165, 1.54) is 30.8 Å². The van der Waals surface area contributed by atoms with Crippen molar-refractivity contribution in [1.29, 1.82) is 0 Å². The van der Waals surface area contributed by atoms with Gasteiger partial charge in [0.25, 0.3) is 0 Å². The minimum Gasteiger partial charge on any atom is -0.356 e. The van der Waals surface area contributed by atoms with Gasteiger partial charge in [0, 0.05) is 31.2 Å². The van der Waals surface area contributed by atoms with E-state index in [-0.39, 0.29) is 0 Å². The Morgan fingerprint density at radius 1 is 1.52 bits per heavy atom. The molecule has 2 heterocycles. The van der Waals surface area contributed by atoms with Crippen molar-refractivity contribution >= 4 is 17.3 Å². The van der Waals surface area contributed by atoms with Crippen molar-refractivity contribution in [3.63, 3.8) is 0 Å². The second kappa shape index (κ2) is 8.34. The maximum absolute atomic E-state index is 4.42. The maximum atomic E-state index is 4.42. The van der Waals surface area contributed by atoms with Crippen LogP contribution in [0.25, 0.3) is 0 Å². The van der Waals surface area contributed by atoms with Crippen LogP contribution in [0.1, 0.15) is 29.7 Å². The quantitative estimate of drug-likeness (QED) is 0.642. The molecule has 0 amide bonds. The number of rotatable bonds is 5. The van der Waals surface area contributed by atoms with Crippen LogP contribution in [0.4, 0.5) is 0 Å². The maximum Gasteiger partial charge on any atom is 0.191 e. The number of aromatic nitrogens is 1. The van der Waals surface area contributed by atoms with E-state index < -0.39 is 0 Å². The summed E-state index contributed by atoms with van der Waals surface area (Å²) in [6, 6.07) is 0. The lowest BCUT2D eigenvalue weighted by Gasteiger charge is -2.30. The summed E-state index contributed by atoms with van der Waals surface area (Å²) in [7, 11) is 4.02. The fourth-order valence-electron chi connectivity index (χ4n) is 2.65. The second-order valence-electron chi connectivity index (χ2n) is 5.65. The molecular formula is C15H27N5S. The molecule has 1 aliphatic heterocycles. The summed E-state index contributed by atoms with van der Waals surface area (Å²) in [6.07, 6.45) is 5.63. The van der Waals surface area contributed by atoms with E-state index in [4.69, 9.17) is 0 Å². The van der Waals surface area contributed by atoms with Gasteiger partial charge in [0.2, 0.25) is 0 Å². The minimum absolute atomic E-state index is 0.717. The third-order valence-electron chi connectivity index (χ3n) is 3.86. The lowest BCUT2D eigenvalue weighted by atomic mass is 9.99. The highest BCUT2D eigenvalue weighted by Gasteiger charge is 2.17. The van der Waals surface area contributed by atoms with Gasteiger partial charge in [-0.15, -0.1) is 11.3 Å². The van der Waals surface area contributed by atoms with E-state index in [0.29, 0.717) is 5.92 Å². The minimum atomic E-state index is 0.717. The molecule has 2 rings (SSSR count). The van der Waals surface area contributed by atoms with Crippen LogP contribution in [0.3, 0.4) is 0 Å². The first-order chi connectivity index (χ1) is 10.2. The van der Waals surface area contributed by atoms with Gasteiger partial charge < -0.3 is 15.5 Å². The van der Waals surface area contributed by atoms with Gasteiger partial charge in [-0.2, -0.15) is 0 Å². The van der Waals surface area contributed by atoms with Crippen LogP contribution in [0.15, 0.2) is 11.2 Å². The molecule has 1 aromatic rings. The monoisotopic (exact) mass is 309 g/mol. The summed E-state index contributed by atoms with van der Waals surface area (Å²) >= 11 is 1.77. The van der Waals surface area contributed by atoms with E-state index >= 15 is 0 Å². The van der Waals surface area contributed by atoms with Crippen LogP contribution in [0.2, 0.25) is 0 Å². The smallest absolute Gasteiger partial charge is 0.191 e. The molecule has 1 unspecified atom stereocenters. The van der Waals surface area contributed by atoms with E-state index in [0.717, 1.165) is 30.5 Å². The number of nitrogens with zero attached hydrogens (tertiary/aromatic N) is 3. The Kier molecular flexibility index (Phi) is 6.45. The number of hydrogen-bond donors (Lipinski definition) is 2. The van der Waals surface area contributed by atoms with Gasteiger partial charge in [0.1, 0.15) is 5.01 Å². The van der Waals surface area contributed by atoms with E-state index in [1.54, 1.807) is 11.3 Å². The molecule has 1 saturated heterocycles. The second-order valence-corrected chi connectivity index (χ2v) is 6.85. The first kappa shape index (κ1) is 16.2. The van der Waals surface area contributed by atoms with Gasteiger partial charge in [-0.05, 0) is 38.8 Å². The summed E-state index contributed by atoms with van der Waals surface area (Å²) in [5, 5.41) is 7.90. The topological polar surface area (TPSA) is 52.6 Å². The van der Waals surface area contributed by atoms with Gasteiger partial charge in [-0.25, -0.2) is 4.98 Å². The van der Waals surface area contributed by atoms with Crippen LogP contribution < -0.4 is 10.6 Å². The molecule has 0 saturated carbocycles. The first-order valence-electron chi connectivity index (χ1n) is 7.78. The van der Waals surface area contributed by atoms with Gasteiger partial charge in [0.05, 0.1) is 6.54 Å². The van der Waals surface area contributed by atoms with Crippen molar-refractivity contribution in [2.45, 2.75) is 32.7 Å². The summed E-state index contributed by atoms with van der Waals surface area (Å²) in [4.78, 5) is 12.5. The molecule has 1 fully saturated rings. The largest absolute Gasteiger partial charge is 0.356 e. The third kappa shape index (κ3) is 5.28. The SMILES string of the molecule is CCc1cnc(CNC(=NC)NCC2CCCN(C)C2)s1. The molecule has 0 bridgehead atoms. The number of aryl methyl sites for hydroxylation is 1. The predicted molar refractivity (Wildman–Crippen MR) is 89.9 cm³/mol. The number of piperidine rings is 1. The summed E-state index contributed by atoms with van der Waals surface area (Å²) in [6.45, 7) is 6.30. The average molecular weight is 309 g/mol. The number of nitrogens with one attached hydrogen (secondary N) is 2. The third-order valence-corrected chi connectivity index (χ3v) is 5.00. The van der Waals surface area contributed by atoms with E-state index in [2.05, 4.69) is 39.5 Å². The van der Waals surface area contributed by atoms with Crippen molar-refractivity contribution in [3.8, 4) is 0 Å². The Morgan fingerprint density at radius 2 is 2.38 bits per heavy atom. The molecule has 2 N–H and O–H groups in total. The van der Waals surface area contributed by atoms with Crippen LogP contribution in [0, 0.1) is 5.92 Å². The van der Waals surface area contributed by atoms with E-state index in [9.17, 15) is 0 Å². The number of aliphatic imine (C=N–C) groups is 1. The molecule has 5 nitrogen and oxygen atoms in total. The van der Waals surface area contributed by atoms with Gasteiger partial charge in [0.15, 0.2) is 5.96 Å². The number of hydrogen-bond acceptors (Lipinski definition) is 4. The zero-order valence-electron chi connectivity index (χ0n) is 13.4. The molecular weight excluding hydrogens is 282 g/mol. The molecule has 118 valence electrons. The van der Waals surface area contributed by atoms with E-state index in [1.807, 2.05) is 13.2 Å². The molecule has 0 aromatic carbocycles. The van der Waals surface area contributed by atoms with Gasteiger partial charge in [-0.3, -0.25) is 4.99 Å². The summed E-state index contributed by atoms with van der Waals surface area (Å²) < 4.78 is 0. The highest BCUT2D eigenvalue weighted by Crippen LogP contribution is 2.14. The summed E-state index contributed by atoms with van der Waals surface area (Å²) in [5.41, 5.74) is 0. The number of likely N-dealkylation sites (tertiary alicyclic amines) is 1. The Labute approximate surface area is 131 Å². The predicted octanol–water partition coefficient (Wildman–Crippen LogP) is 1.71. The Morgan fingerprint density at radius 3 is 3.05 bits per heavy atom. The molecule has 1 aromatic heterocycles. The van der Waals surface area contributed by atoms with Crippen LogP contribution >= 0.6 is 11.3 Å². The van der Waals surface area contributed by atoms with Crippen LogP contribution in [0.5, 0.6) is 0 Å². The molecule has 0 spiro atoms. The highest BCUT2D eigenvalue weighted by molar-refractivity contribution is 7.11. The van der Waals surface area contributed by atoms with Crippen molar-refractivity contribution < 1.29 is 0 Å². The lowest BCUT2D eigenvalue weighted by molar-refractivity contribution is 0.210. The zero-order valence-corrected chi connectivity index (χ0v) is 14.2.